The van der Waals surface area contributed by atoms with Crippen molar-refractivity contribution in [3.8, 4) is 0 Å². The summed E-state index contributed by atoms with van der Waals surface area (Å²) in [5, 5.41) is 9.18. The summed E-state index contributed by atoms with van der Waals surface area (Å²) in [4.78, 5) is 23.1. The highest BCUT2D eigenvalue weighted by Gasteiger charge is 2.28. The molecule has 0 spiro atoms. The maximum atomic E-state index is 11.9. The van der Waals surface area contributed by atoms with Crippen molar-refractivity contribution in [3.05, 3.63) is 0 Å². The summed E-state index contributed by atoms with van der Waals surface area (Å²) in [7, 11) is 0. The van der Waals surface area contributed by atoms with E-state index in [9.17, 15) is 14.7 Å². The van der Waals surface area contributed by atoms with Gasteiger partial charge in [-0.2, -0.15) is 0 Å². The molecule has 6 heteroatoms. The number of carboxylic acids is 1. The minimum Gasteiger partial charge on any atom is -0.481 e. The minimum absolute atomic E-state index is 0.0505. The molecule has 6 nitrogen and oxygen atoms in total. The van der Waals surface area contributed by atoms with Crippen LogP contribution in [0, 0.1) is 5.92 Å². The standard InChI is InChI=1S/C18H32O6/c1-3-14(2)24-18(21)15(17(19)20)10-6-4-5-8-12-22-16-11-7-9-13-23-16/h14-16H,3-13H2,1-2H3,(H,19,20). The Bertz CT molecular complexity index is 365. The van der Waals surface area contributed by atoms with Gasteiger partial charge in [0.15, 0.2) is 12.2 Å². The molecule has 0 aromatic rings. The summed E-state index contributed by atoms with van der Waals surface area (Å²) in [5.74, 6) is -2.76. The predicted molar refractivity (Wildman–Crippen MR) is 89.6 cm³/mol. The molecule has 1 N–H and O–H groups in total. The van der Waals surface area contributed by atoms with E-state index < -0.39 is 17.9 Å². The van der Waals surface area contributed by atoms with Gasteiger partial charge in [-0.3, -0.25) is 9.59 Å². The molecule has 1 aliphatic heterocycles. The molecule has 0 aromatic carbocycles. The number of hydrogen-bond acceptors (Lipinski definition) is 5. The van der Waals surface area contributed by atoms with E-state index in [1.54, 1.807) is 6.92 Å². The lowest BCUT2D eigenvalue weighted by atomic mass is 10.0. The van der Waals surface area contributed by atoms with Crippen molar-refractivity contribution in [2.24, 2.45) is 5.92 Å². The maximum absolute atomic E-state index is 11.9. The number of carbonyl (C=O) groups is 2. The van der Waals surface area contributed by atoms with Gasteiger partial charge in [0.2, 0.25) is 0 Å². The zero-order valence-electron chi connectivity index (χ0n) is 15.0. The van der Waals surface area contributed by atoms with Crippen molar-refractivity contribution in [2.75, 3.05) is 13.2 Å². The first-order valence-corrected chi connectivity index (χ1v) is 9.21. The third kappa shape index (κ3) is 8.64. The molecule has 0 radical (unpaired) electrons. The van der Waals surface area contributed by atoms with Crippen LogP contribution in [0.15, 0.2) is 0 Å². The van der Waals surface area contributed by atoms with Gasteiger partial charge in [0, 0.05) is 13.2 Å². The second-order valence-electron chi connectivity index (χ2n) is 6.42. The Morgan fingerprint density at radius 3 is 2.58 bits per heavy atom. The molecule has 0 saturated carbocycles. The van der Waals surface area contributed by atoms with Crippen molar-refractivity contribution in [3.63, 3.8) is 0 Å². The van der Waals surface area contributed by atoms with Gasteiger partial charge in [-0.15, -0.1) is 0 Å². The van der Waals surface area contributed by atoms with E-state index in [1.807, 2.05) is 6.92 Å². The lowest BCUT2D eigenvalue weighted by Gasteiger charge is -2.22. The highest BCUT2D eigenvalue weighted by atomic mass is 16.7. The van der Waals surface area contributed by atoms with E-state index in [0.29, 0.717) is 25.9 Å². The van der Waals surface area contributed by atoms with Gasteiger partial charge in [0.05, 0.1) is 6.10 Å². The fraction of sp³-hybridized carbons (Fsp3) is 0.889. The third-order valence-corrected chi connectivity index (χ3v) is 4.30. The van der Waals surface area contributed by atoms with Crippen molar-refractivity contribution >= 4 is 11.9 Å². The van der Waals surface area contributed by atoms with E-state index in [0.717, 1.165) is 45.1 Å². The number of ether oxygens (including phenoxy) is 3. The first-order valence-electron chi connectivity index (χ1n) is 9.21. The van der Waals surface area contributed by atoms with Crippen molar-refractivity contribution in [1.29, 1.82) is 0 Å². The molecule has 1 fully saturated rings. The van der Waals surface area contributed by atoms with Crippen LogP contribution in [0.1, 0.15) is 71.6 Å². The second kappa shape index (κ2) is 12.3. The average Bonchev–Trinajstić information content (AvgIpc) is 2.57. The zero-order valence-corrected chi connectivity index (χ0v) is 15.0. The molecule has 3 atom stereocenters. The first-order chi connectivity index (χ1) is 11.5. The van der Waals surface area contributed by atoms with Crippen LogP contribution in [0.25, 0.3) is 0 Å². The number of esters is 1. The van der Waals surface area contributed by atoms with Crippen LogP contribution in [-0.2, 0) is 23.8 Å². The highest BCUT2D eigenvalue weighted by Crippen LogP contribution is 2.16. The molecule has 0 amide bonds. The summed E-state index contributed by atoms with van der Waals surface area (Å²) in [5.41, 5.74) is 0. The Balaban J connectivity index is 2.10. The largest absolute Gasteiger partial charge is 0.481 e. The number of aliphatic carboxylic acids is 1. The molecule has 0 aromatic heterocycles. The Hall–Kier alpha value is -1.14. The van der Waals surface area contributed by atoms with E-state index in [2.05, 4.69) is 0 Å². The van der Waals surface area contributed by atoms with Crippen LogP contribution in [0.2, 0.25) is 0 Å². The van der Waals surface area contributed by atoms with E-state index >= 15 is 0 Å². The smallest absolute Gasteiger partial charge is 0.320 e. The number of rotatable bonds is 12. The van der Waals surface area contributed by atoms with Gasteiger partial charge in [-0.1, -0.05) is 26.2 Å². The van der Waals surface area contributed by atoms with Crippen LogP contribution in [0.3, 0.4) is 0 Å². The lowest BCUT2D eigenvalue weighted by Crippen LogP contribution is -2.28. The summed E-state index contributed by atoms with van der Waals surface area (Å²) < 4.78 is 16.3. The quantitative estimate of drug-likeness (QED) is 0.331. The Morgan fingerprint density at radius 1 is 1.21 bits per heavy atom. The normalized spacial score (nSPS) is 20.3. The van der Waals surface area contributed by atoms with Gasteiger partial charge in [0.25, 0.3) is 0 Å². The summed E-state index contributed by atoms with van der Waals surface area (Å²) >= 11 is 0. The Kier molecular flexibility index (Phi) is 10.7. The Labute approximate surface area is 144 Å². The van der Waals surface area contributed by atoms with Gasteiger partial charge >= 0.3 is 11.9 Å². The summed E-state index contributed by atoms with van der Waals surface area (Å²) in [6.07, 6.45) is 7.44. The summed E-state index contributed by atoms with van der Waals surface area (Å²) in [6, 6.07) is 0. The fourth-order valence-electron chi connectivity index (χ4n) is 2.57. The SMILES string of the molecule is CCC(C)OC(=O)C(CCCCCCOC1CCCCO1)C(=O)O. The maximum Gasteiger partial charge on any atom is 0.320 e. The van der Waals surface area contributed by atoms with Crippen molar-refractivity contribution in [2.45, 2.75) is 84.0 Å². The predicted octanol–water partition coefficient (Wildman–Crippen LogP) is 3.52. The molecule has 140 valence electrons. The van der Waals surface area contributed by atoms with Crippen LogP contribution in [-0.4, -0.2) is 42.7 Å². The van der Waals surface area contributed by atoms with E-state index in [4.69, 9.17) is 14.2 Å². The molecule has 3 unspecified atom stereocenters. The van der Waals surface area contributed by atoms with Gasteiger partial charge in [-0.25, -0.2) is 0 Å². The third-order valence-electron chi connectivity index (χ3n) is 4.30. The monoisotopic (exact) mass is 344 g/mol. The number of carboxylic acid groups (broad SMARTS) is 1. The van der Waals surface area contributed by atoms with Crippen LogP contribution < -0.4 is 0 Å². The van der Waals surface area contributed by atoms with Crippen LogP contribution >= 0.6 is 0 Å². The van der Waals surface area contributed by atoms with E-state index in [1.165, 1.54) is 0 Å². The first kappa shape index (κ1) is 20.9. The summed E-state index contributed by atoms with van der Waals surface area (Å²) in [6.45, 7) is 5.12. The van der Waals surface area contributed by atoms with Gasteiger partial charge in [-0.05, 0) is 45.4 Å². The molecule has 24 heavy (non-hydrogen) atoms. The molecule has 1 heterocycles. The average molecular weight is 344 g/mol. The molecular weight excluding hydrogens is 312 g/mol. The number of unbranched alkanes of at least 4 members (excludes halogenated alkanes) is 3. The Morgan fingerprint density at radius 2 is 1.96 bits per heavy atom. The minimum atomic E-state index is -1.10. The van der Waals surface area contributed by atoms with Crippen molar-refractivity contribution < 1.29 is 28.9 Å². The molecule has 0 aliphatic carbocycles. The van der Waals surface area contributed by atoms with Crippen LogP contribution in [0.4, 0.5) is 0 Å². The topological polar surface area (TPSA) is 82.1 Å². The lowest BCUT2D eigenvalue weighted by molar-refractivity contribution is -0.163. The number of carbonyl (C=O) groups excluding carboxylic acids is 1. The fourth-order valence-corrected chi connectivity index (χ4v) is 2.57. The van der Waals surface area contributed by atoms with E-state index in [-0.39, 0.29) is 12.4 Å². The zero-order chi connectivity index (χ0) is 17.8. The molecule has 1 rings (SSSR count). The van der Waals surface area contributed by atoms with Crippen LogP contribution in [0.5, 0.6) is 0 Å². The number of hydrogen-bond donors (Lipinski definition) is 1. The molecule has 0 bridgehead atoms. The molecule has 1 aliphatic rings. The molecular formula is C18H32O6. The molecule has 1 saturated heterocycles. The van der Waals surface area contributed by atoms with Crippen molar-refractivity contribution in [1.82, 2.24) is 0 Å². The highest BCUT2D eigenvalue weighted by molar-refractivity contribution is 5.93. The van der Waals surface area contributed by atoms with Gasteiger partial charge in [0.1, 0.15) is 0 Å². The van der Waals surface area contributed by atoms with Gasteiger partial charge < -0.3 is 19.3 Å². The second-order valence-corrected chi connectivity index (χ2v) is 6.42.